The second-order valence-corrected chi connectivity index (χ2v) is 6.59. The molecule has 2 aromatic rings. The van der Waals surface area contributed by atoms with Gasteiger partial charge in [0.15, 0.2) is 5.69 Å². The number of amides is 1. The molecule has 0 fully saturated rings. The summed E-state index contributed by atoms with van der Waals surface area (Å²) in [4.78, 5) is 12.4. The Balaban J connectivity index is 1.82. The molecular formula is C19H22F3N3O. The average molecular weight is 365 g/mol. The van der Waals surface area contributed by atoms with Crippen molar-refractivity contribution in [1.29, 1.82) is 0 Å². The molecule has 0 atom stereocenters. The molecule has 0 radical (unpaired) electrons. The van der Waals surface area contributed by atoms with Crippen LogP contribution in [0.4, 0.5) is 18.9 Å². The molecule has 26 heavy (non-hydrogen) atoms. The molecule has 0 aliphatic heterocycles. The molecule has 0 spiro atoms. The molecule has 1 heterocycles. The second kappa shape index (κ2) is 7.51. The van der Waals surface area contributed by atoms with Crippen molar-refractivity contribution in [1.82, 2.24) is 9.78 Å². The van der Waals surface area contributed by atoms with Gasteiger partial charge >= 0.3 is 6.18 Å². The van der Waals surface area contributed by atoms with E-state index in [4.69, 9.17) is 0 Å². The highest BCUT2D eigenvalue weighted by molar-refractivity contribution is 5.90. The minimum Gasteiger partial charge on any atom is -0.324 e. The maximum absolute atomic E-state index is 13.3. The van der Waals surface area contributed by atoms with Crippen molar-refractivity contribution < 1.29 is 18.0 Å². The first-order chi connectivity index (χ1) is 12.4. The Bertz CT molecular complexity index is 796. The Morgan fingerprint density at radius 3 is 2.73 bits per heavy atom. The largest absolute Gasteiger partial charge is 0.435 e. The zero-order valence-electron chi connectivity index (χ0n) is 14.7. The number of nitrogens with zero attached hydrogens (tertiary/aromatic N) is 2. The van der Waals surface area contributed by atoms with E-state index in [-0.39, 0.29) is 18.0 Å². The molecule has 1 N–H and O–H groups in total. The van der Waals surface area contributed by atoms with E-state index >= 15 is 0 Å². The van der Waals surface area contributed by atoms with Crippen LogP contribution in [-0.2, 0) is 36.8 Å². The van der Waals surface area contributed by atoms with Crippen LogP contribution in [0.5, 0.6) is 0 Å². The lowest BCUT2D eigenvalue weighted by molar-refractivity contribution is -0.142. The summed E-state index contributed by atoms with van der Waals surface area (Å²) in [6, 6.07) is 7.43. The molecule has 1 aliphatic rings. The van der Waals surface area contributed by atoms with Gasteiger partial charge in [-0.1, -0.05) is 25.5 Å². The standard InChI is InChI=1S/C19H22F3N3O/c1-2-13-7-6-8-14(11-13)23-17(26)12-25-16-10-5-3-4-9-15(16)18(24-25)19(20,21)22/h6-8,11H,2-5,9-10,12H2,1H3,(H,23,26). The Morgan fingerprint density at radius 1 is 1.23 bits per heavy atom. The lowest BCUT2D eigenvalue weighted by Crippen LogP contribution is -2.21. The van der Waals surface area contributed by atoms with Crippen LogP contribution >= 0.6 is 0 Å². The number of fused-ring (bicyclic) bond motifs is 1. The fourth-order valence-corrected chi connectivity index (χ4v) is 3.41. The Morgan fingerprint density at radius 2 is 2.00 bits per heavy atom. The molecule has 1 aromatic heterocycles. The first-order valence-corrected chi connectivity index (χ1v) is 8.93. The fourth-order valence-electron chi connectivity index (χ4n) is 3.41. The molecule has 1 aromatic carbocycles. The minimum absolute atomic E-state index is 0.214. The third-order valence-electron chi connectivity index (χ3n) is 4.69. The highest BCUT2D eigenvalue weighted by Crippen LogP contribution is 2.35. The summed E-state index contributed by atoms with van der Waals surface area (Å²) < 4.78 is 41.2. The summed E-state index contributed by atoms with van der Waals surface area (Å²) in [6.45, 7) is 1.80. The van der Waals surface area contributed by atoms with Gasteiger partial charge in [0.2, 0.25) is 5.91 Å². The van der Waals surface area contributed by atoms with Crippen LogP contribution in [0.15, 0.2) is 24.3 Å². The Hall–Kier alpha value is -2.31. The maximum Gasteiger partial charge on any atom is 0.435 e. The molecule has 0 saturated carbocycles. The summed E-state index contributed by atoms with van der Waals surface area (Å²) in [6.07, 6.45) is -0.339. The van der Waals surface area contributed by atoms with Crippen molar-refractivity contribution in [3.63, 3.8) is 0 Å². The van der Waals surface area contributed by atoms with Crippen LogP contribution in [-0.4, -0.2) is 15.7 Å². The molecule has 1 amide bonds. The van der Waals surface area contributed by atoms with E-state index in [9.17, 15) is 18.0 Å². The van der Waals surface area contributed by atoms with Gasteiger partial charge in [-0.05, 0) is 49.8 Å². The van der Waals surface area contributed by atoms with Gasteiger partial charge in [0.1, 0.15) is 6.54 Å². The predicted molar refractivity (Wildman–Crippen MR) is 92.9 cm³/mol. The number of rotatable bonds is 4. The molecule has 3 rings (SSSR count). The van der Waals surface area contributed by atoms with Crippen molar-refractivity contribution in [3.05, 3.63) is 46.8 Å². The number of nitrogens with one attached hydrogen (secondary N) is 1. The number of carbonyl (C=O) groups excluding carboxylic acids is 1. The van der Waals surface area contributed by atoms with E-state index < -0.39 is 11.9 Å². The summed E-state index contributed by atoms with van der Waals surface area (Å²) >= 11 is 0. The summed E-state index contributed by atoms with van der Waals surface area (Å²) in [5, 5.41) is 6.51. The highest BCUT2D eigenvalue weighted by atomic mass is 19.4. The van der Waals surface area contributed by atoms with Gasteiger partial charge < -0.3 is 5.32 Å². The van der Waals surface area contributed by atoms with Crippen LogP contribution in [0.25, 0.3) is 0 Å². The molecule has 0 bridgehead atoms. The van der Waals surface area contributed by atoms with Crippen LogP contribution in [0, 0.1) is 0 Å². The summed E-state index contributed by atoms with van der Waals surface area (Å²) in [5.74, 6) is -0.374. The second-order valence-electron chi connectivity index (χ2n) is 6.59. The van der Waals surface area contributed by atoms with E-state index in [0.29, 0.717) is 24.2 Å². The molecule has 7 heteroatoms. The molecule has 140 valence electrons. The predicted octanol–water partition coefficient (Wildman–Crippen LogP) is 4.37. The van der Waals surface area contributed by atoms with Gasteiger partial charge in [-0.2, -0.15) is 18.3 Å². The van der Waals surface area contributed by atoms with Crippen LogP contribution in [0.3, 0.4) is 0 Å². The van der Waals surface area contributed by atoms with E-state index in [1.165, 1.54) is 4.68 Å². The van der Waals surface area contributed by atoms with Crippen LogP contribution in [0.2, 0.25) is 0 Å². The van der Waals surface area contributed by atoms with E-state index in [1.807, 2.05) is 25.1 Å². The SMILES string of the molecule is CCc1cccc(NC(=O)Cn2nc(C(F)(F)F)c3c2CCCCC3)c1. The third kappa shape index (κ3) is 4.08. The molecule has 0 unspecified atom stereocenters. The average Bonchev–Trinajstić information content (AvgIpc) is 2.78. The van der Waals surface area contributed by atoms with Gasteiger partial charge in [0.05, 0.1) is 0 Å². The first-order valence-electron chi connectivity index (χ1n) is 8.93. The number of hydrogen-bond donors (Lipinski definition) is 1. The van der Waals surface area contributed by atoms with Crippen molar-refractivity contribution in [2.24, 2.45) is 0 Å². The number of hydrogen-bond acceptors (Lipinski definition) is 2. The number of alkyl halides is 3. The monoisotopic (exact) mass is 365 g/mol. The molecule has 0 saturated heterocycles. The summed E-state index contributed by atoms with van der Waals surface area (Å²) in [7, 11) is 0. The van der Waals surface area contributed by atoms with Crippen LogP contribution in [0.1, 0.15) is 48.7 Å². The maximum atomic E-state index is 13.3. The van der Waals surface area contributed by atoms with E-state index in [0.717, 1.165) is 31.2 Å². The van der Waals surface area contributed by atoms with Gasteiger partial charge in [-0.25, -0.2) is 0 Å². The van der Waals surface area contributed by atoms with Gasteiger partial charge in [0, 0.05) is 16.9 Å². The Labute approximate surface area is 150 Å². The number of aromatic nitrogens is 2. The lowest BCUT2D eigenvalue weighted by Gasteiger charge is -2.09. The quantitative estimate of drug-likeness (QED) is 0.818. The molecular weight excluding hydrogens is 343 g/mol. The lowest BCUT2D eigenvalue weighted by atomic mass is 10.1. The van der Waals surface area contributed by atoms with Crippen molar-refractivity contribution >= 4 is 11.6 Å². The van der Waals surface area contributed by atoms with Crippen molar-refractivity contribution in [3.8, 4) is 0 Å². The van der Waals surface area contributed by atoms with Crippen molar-refractivity contribution in [2.75, 3.05) is 5.32 Å². The minimum atomic E-state index is -4.49. The summed E-state index contributed by atoms with van der Waals surface area (Å²) in [5.41, 5.74) is 1.69. The number of carbonyl (C=O) groups is 1. The van der Waals surface area contributed by atoms with Gasteiger partial charge in [-0.15, -0.1) is 0 Å². The first kappa shape index (κ1) is 18.5. The zero-order valence-corrected chi connectivity index (χ0v) is 14.7. The van der Waals surface area contributed by atoms with E-state index in [1.54, 1.807) is 6.07 Å². The Kier molecular flexibility index (Phi) is 5.34. The number of anilines is 1. The fraction of sp³-hybridized carbons (Fsp3) is 0.474. The number of halogens is 3. The van der Waals surface area contributed by atoms with Gasteiger partial charge in [0.25, 0.3) is 0 Å². The normalized spacial score (nSPS) is 14.6. The third-order valence-corrected chi connectivity index (χ3v) is 4.69. The zero-order chi connectivity index (χ0) is 18.7. The number of benzene rings is 1. The van der Waals surface area contributed by atoms with Crippen LogP contribution < -0.4 is 5.32 Å². The smallest absolute Gasteiger partial charge is 0.324 e. The van der Waals surface area contributed by atoms with E-state index in [2.05, 4.69) is 10.4 Å². The molecule has 1 aliphatic carbocycles. The molecule has 4 nitrogen and oxygen atoms in total. The topological polar surface area (TPSA) is 46.9 Å². The highest BCUT2D eigenvalue weighted by Gasteiger charge is 2.39. The number of aryl methyl sites for hydroxylation is 1. The van der Waals surface area contributed by atoms with Crippen molar-refractivity contribution in [2.45, 2.75) is 58.2 Å². The van der Waals surface area contributed by atoms with Gasteiger partial charge in [-0.3, -0.25) is 9.48 Å².